The van der Waals surface area contributed by atoms with E-state index in [9.17, 15) is 27.9 Å². The molecule has 0 unspecified atom stereocenters. The maximum absolute atomic E-state index is 13.2. The first-order chi connectivity index (χ1) is 15.1. The molecular formula is C23H26F3N3O3. The second-order valence-corrected chi connectivity index (χ2v) is 7.99. The summed E-state index contributed by atoms with van der Waals surface area (Å²) in [5, 5.41) is 15.2. The summed E-state index contributed by atoms with van der Waals surface area (Å²) in [4.78, 5) is 27.3. The van der Waals surface area contributed by atoms with Gasteiger partial charge in [0, 0.05) is 26.6 Å². The minimum atomic E-state index is -4.51. The molecule has 2 aromatic carbocycles. The number of nitrogens with one attached hydrogen (secondary N) is 2. The van der Waals surface area contributed by atoms with Gasteiger partial charge in [0.2, 0.25) is 11.8 Å². The van der Waals surface area contributed by atoms with Crippen LogP contribution >= 0.6 is 0 Å². The molecule has 6 nitrogen and oxygen atoms in total. The SMILES string of the molecule is CN(Cc1ccccc1)C(=O)[C@H](Cc1cccc(C(F)(F)F)c1)NC(=O)[C@@H]1C[C@@H](O)CN1. The summed E-state index contributed by atoms with van der Waals surface area (Å²) < 4.78 is 39.3. The first-order valence-electron chi connectivity index (χ1n) is 10.3. The predicted molar refractivity (Wildman–Crippen MR) is 112 cm³/mol. The zero-order valence-corrected chi connectivity index (χ0v) is 17.6. The average molecular weight is 449 g/mol. The van der Waals surface area contributed by atoms with Gasteiger partial charge in [-0.15, -0.1) is 0 Å². The van der Waals surface area contributed by atoms with E-state index >= 15 is 0 Å². The van der Waals surface area contributed by atoms with Gasteiger partial charge < -0.3 is 20.6 Å². The number of β-amino-alcohol motifs (C(OH)–C–C–N with tert-alkyl or cyclic N) is 1. The molecule has 3 N–H and O–H groups in total. The van der Waals surface area contributed by atoms with Gasteiger partial charge in [-0.3, -0.25) is 9.59 Å². The Kier molecular flexibility index (Phi) is 7.52. The van der Waals surface area contributed by atoms with Gasteiger partial charge in [-0.05, 0) is 23.6 Å². The molecule has 0 saturated carbocycles. The fourth-order valence-corrected chi connectivity index (χ4v) is 3.70. The van der Waals surface area contributed by atoms with Gasteiger partial charge in [-0.2, -0.15) is 13.2 Å². The molecule has 1 heterocycles. The summed E-state index contributed by atoms with van der Waals surface area (Å²) in [6, 6.07) is 12.2. The second kappa shape index (κ2) is 10.1. The molecule has 1 saturated heterocycles. The highest BCUT2D eigenvalue weighted by atomic mass is 19.4. The summed E-state index contributed by atoms with van der Waals surface area (Å²) in [6.45, 7) is 0.549. The van der Waals surface area contributed by atoms with Crippen LogP contribution in [0.1, 0.15) is 23.1 Å². The molecular weight excluding hydrogens is 423 g/mol. The van der Waals surface area contributed by atoms with Crippen molar-refractivity contribution in [1.82, 2.24) is 15.5 Å². The van der Waals surface area contributed by atoms with Crippen molar-refractivity contribution < 1.29 is 27.9 Å². The van der Waals surface area contributed by atoms with Crippen LogP contribution < -0.4 is 10.6 Å². The van der Waals surface area contributed by atoms with E-state index < -0.39 is 41.7 Å². The van der Waals surface area contributed by atoms with Crippen LogP contribution in [0.15, 0.2) is 54.6 Å². The summed E-state index contributed by atoms with van der Waals surface area (Å²) in [6.07, 6.45) is -5.06. The number of alkyl halides is 3. The normalized spacial score (nSPS) is 19.4. The van der Waals surface area contributed by atoms with E-state index in [2.05, 4.69) is 10.6 Å². The molecule has 0 spiro atoms. The summed E-state index contributed by atoms with van der Waals surface area (Å²) in [7, 11) is 1.58. The smallest absolute Gasteiger partial charge is 0.392 e. The van der Waals surface area contributed by atoms with Crippen molar-refractivity contribution in [2.24, 2.45) is 0 Å². The van der Waals surface area contributed by atoms with Crippen LogP contribution in [0, 0.1) is 0 Å². The third kappa shape index (κ3) is 6.30. The molecule has 0 aromatic heterocycles. The molecule has 0 radical (unpaired) electrons. The predicted octanol–water partition coefficient (Wildman–Crippen LogP) is 2.11. The molecule has 3 atom stereocenters. The maximum Gasteiger partial charge on any atom is 0.416 e. The van der Waals surface area contributed by atoms with Crippen LogP contribution in [0.5, 0.6) is 0 Å². The molecule has 1 aliphatic rings. The highest BCUT2D eigenvalue weighted by molar-refractivity contribution is 5.90. The summed E-state index contributed by atoms with van der Waals surface area (Å²) >= 11 is 0. The van der Waals surface area contributed by atoms with Crippen molar-refractivity contribution >= 4 is 11.8 Å². The largest absolute Gasteiger partial charge is 0.416 e. The third-order valence-corrected chi connectivity index (χ3v) is 5.37. The number of rotatable bonds is 7. The number of carbonyl (C=O) groups is 2. The van der Waals surface area contributed by atoms with Crippen LogP contribution in [0.4, 0.5) is 13.2 Å². The van der Waals surface area contributed by atoms with Gasteiger partial charge >= 0.3 is 6.18 Å². The number of benzene rings is 2. The number of nitrogens with zero attached hydrogens (tertiary/aromatic N) is 1. The van der Waals surface area contributed by atoms with E-state index in [0.29, 0.717) is 0 Å². The van der Waals surface area contributed by atoms with Crippen molar-refractivity contribution in [3.8, 4) is 0 Å². The molecule has 2 aromatic rings. The highest BCUT2D eigenvalue weighted by Crippen LogP contribution is 2.29. The van der Waals surface area contributed by atoms with Crippen molar-refractivity contribution in [2.45, 2.75) is 43.8 Å². The van der Waals surface area contributed by atoms with Crippen LogP contribution in [0.2, 0.25) is 0 Å². The van der Waals surface area contributed by atoms with Crippen LogP contribution in [-0.4, -0.2) is 53.6 Å². The zero-order chi connectivity index (χ0) is 23.3. The first-order valence-corrected chi connectivity index (χ1v) is 10.3. The number of halogens is 3. The van der Waals surface area contributed by atoms with Crippen molar-refractivity contribution in [3.05, 3.63) is 71.3 Å². The molecule has 0 bridgehead atoms. The minimum Gasteiger partial charge on any atom is -0.392 e. The number of carbonyl (C=O) groups excluding carboxylic acids is 2. The fraction of sp³-hybridized carbons (Fsp3) is 0.391. The average Bonchev–Trinajstić information content (AvgIpc) is 3.19. The van der Waals surface area contributed by atoms with Gasteiger partial charge in [0.25, 0.3) is 0 Å². The Morgan fingerprint density at radius 3 is 2.47 bits per heavy atom. The Bertz CT molecular complexity index is 937. The minimum absolute atomic E-state index is 0.0943. The van der Waals surface area contributed by atoms with E-state index in [1.807, 2.05) is 30.3 Å². The van der Waals surface area contributed by atoms with Gasteiger partial charge in [0.05, 0.1) is 17.7 Å². The van der Waals surface area contributed by atoms with Gasteiger partial charge in [0.1, 0.15) is 6.04 Å². The lowest BCUT2D eigenvalue weighted by Crippen LogP contribution is -2.52. The lowest BCUT2D eigenvalue weighted by Gasteiger charge is -2.26. The second-order valence-electron chi connectivity index (χ2n) is 7.99. The number of amides is 2. The number of hydrogen-bond acceptors (Lipinski definition) is 4. The van der Waals surface area contributed by atoms with Gasteiger partial charge in [-0.25, -0.2) is 0 Å². The third-order valence-electron chi connectivity index (χ3n) is 5.37. The quantitative estimate of drug-likeness (QED) is 0.605. The van der Waals surface area contributed by atoms with E-state index in [-0.39, 0.29) is 31.5 Å². The summed E-state index contributed by atoms with van der Waals surface area (Å²) in [5.41, 5.74) is 0.352. The Morgan fingerprint density at radius 1 is 1.16 bits per heavy atom. The van der Waals surface area contributed by atoms with E-state index in [1.54, 1.807) is 7.05 Å². The Labute approximate surface area is 184 Å². The molecule has 1 aliphatic heterocycles. The molecule has 9 heteroatoms. The lowest BCUT2D eigenvalue weighted by molar-refractivity contribution is -0.137. The summed E-state index contributed by atoms with van der Waals surface area (Å²) in [5.74, 6) is -0.891. The Balaban J connectivity index is 1.78. The Hall–Kier alpha value is -2.91. The monoisotopic (exact) mass is 449 g/mol. The molecule has 1 fully saturated rings. The lowest BCUT2D eigenvalue weighted by atomic mass is 10.0. The van der Waals surface area contributed by atoms with E-state index in [0.717, 1.165) is 17.7 Å². The topological polar surface area (TPSA) is 81.7 Å². The highest BCUT2D eigenvalue weighted by Gasteiger charge is 2.33. The zero-order valence-electron chi connectivity index (χ0n) is 17.6. The van der Waals surface area contributed by atoms with Crippen molar-refractivity contribution in [2.75, 3.05) is 13.6 Å². The molecule has 32 heavy (non-hydrogen) atoms. The molecule has 0 aliphatic carbocycles. The fourth-order valence-electron chi connectivity index (χ4n) is 3.70. The van der Waals surface area contributed by atoms with Gasteiger partial charge in [-0.1, -0.05) is 48.5 Å². The number of likely N-dealkylation sites (N-methyl/N-ethyl adjacent to an activating group) is 1. The van der Waals surface area contributed by atoms with Crippen molar-refractivity contribution in [3.63, 3.8) is 0 Å². The number of aliphatic hydroxyl groups is 1. The number of aliphatic hydroxyl groups excluding tert-OH is 1. The van der Waals surface area contributed by atoms with E-state index in [4.69, 9.17) is 0 Å². The van der Waals surface area contributed by atoms with Gasteiger partial charge in [0.15, 0.2) is 0 Å². The van der Waals surface area contributed by atoms with E-state index in [1.165, 1.54) is 17.0 Å². The standard InChI is InChI=1S/C23H26F3N3O3/c1-29(14-15-6-3-2-4-7-15)22(32)20(28-21(31)19-12-18(30)13-27-19)11-16-8-5-9-17(10-16)23(24,25)26/h2-10,18-20,27,30H,11-14H2,1H3,(H,28,31)/t18-,19+,20+/m1/s1. The number of hydrogen-bond donors (Lipinski definition) is 3. The Morgan fingerprint density at radius 2 is 1.84 bits per heavy atom. The molecule has 2 amide bonds. The van der Waals surface area contributed by atoms with Crippen molar-refractivity contribution in [1.29, 1.82) is 0 Å². The molecule has 172 valence electrons. The molecule has 3 rings (SSSR count). The van der Waals surface area contributed by atoms with Crippen LogP contribution in [0.25, 0.3) is 0 Å². The maximum atomic E-state index is 13.2. The first kappa shape index (κ1) is 23.7. The van der Waals surface area contributed by atoms with Crippen LogP contribution in [-0.2, 0) is 28.7 Å². The van der Waals surface area contributed by atoms with Crippen LogP contribution in [0.3, 0.4) is 0 Å².